The Morgan fingerprint density at radius 2 is 2.00 bits per heavy atom. The Balaban J connectivity index is 2.05. The third-order valence-corrected chi connectivity index (χ3v) is 3.53. The van der Waals surface area contributed by atoms with Crippen molar-refractivity contribution in [2.75, 3.05) is 11.4 Å². The maximum absolute atomic E-state index is 12.8. The van der Waals surface area contributed by atoms with Crippen molar-refractivity contribution in [1.82, 2.24) is 15.0 Å². The van der Waals surface area contributed by atoms with E-state index in [1.807, 2.05) is 0 Å². The molecule has 0 unspecified atom stereocenters. The number of aromatic hydroxyl groups is 1. The predicted octanol–water partition coefficient (Wildman–Crippen LogP) is 1.77. The Labute approximate surface area is 142 Å². The summed E-state index contributed by atoms with van der Waals surface area (Å²) >= 11 is 0. The fraction of sp³-hybridized carbons (Fsp3) is 0.118. The van der Waals surface area contributed by atoms with Gasteiger partial charge in [0.25, 0.3) is 5.91 Å². The van der Waals surface area contributed by atoms with Gasteiger partial charge in [-0.3, -0.25) is 19.5 Å². The summed E-state index contributed by atoms with van der Waals surface area (Å²) in [5.74, 6) is -1.77. The van der Waals surface area contributed by atoms with Crippen molar-refractivity contribution < 1.29 is 19.8 Å². The molecule has 0 aromatic carbocycles. The smallest absolute Gasteiger partial charge is 0.323 e. The number of fused-ring (bicyclic) bond motifs is 1. The summed E-state index contributed by atoms with van der Waals surface area (Å²) in [6, 6.07) is 7.80. The monoisotopic (exact) mass is 338 g/mol. The maximum atomic E-state index is 12.8. The molecule has 3 aromatic rings. The van der Waals surface area contributed by atoms with Gasteiger partial charge in [0, 0.05) is 11.6 Å². The highest BCUT2D eigenvalue weighted by atomic mass is 16.4. The molecule has 0 atom stereocenters. The zero-order chi connectivity index (χ0) is 18.0. The lowest BCUT2D eigenvalue weighted by Gasteiger charge is -2.19. The van der Waals surface area contributed by atoms with Crippen LogP contribution in [-0.2, 0) is 4.79 Å². The first-order chi connectivity index (χ1) is 12.0. The quantitative estimate of drug-likeness (QED) is 0.744. The zero-order valence-electron chi connectivity index (χ0n) is 13.2. The Hall–Kier alpha value is -3.55. The van der Waals surface area contributed by atoms with Crippen LogP contribution in [0.4, 0.5) is 5.82 Å². The molecule has 0 aliphatic carbocycles. The van der Waals surface area contributed by atoms with E-state index >= 15 is 0 Å². The molecule has 25 heavy (non-hydrogen) atoms. The van der Waals surface area contributed by atoms with E-state index in [0.29, 0.717) is 11.2 Å². The molecule has 0 saturated carbocycles. The predicted molar refractivity (Wildman–Crippen MR) is 89.5 cm³/mol. The number of hydrogen-bond acceptors (Lipinski definition) is 6. The van der Waals surface area contributed by atoms with Crippen LogP contribution in [0.15, 0.2) is 42.7 Å². The summed E-state index contributed by atoms with van der Waals surface area (Å²) < 4.78 is 0. The normalized spacial score (nSPS) is 10.6. The van der Waals surface area contributed by atoms with Gasteiger partial charge < -0.3 is 10.2 Å². The zero-order valence-corrected chi connectivity index (χ0v) is 13.2. The summed E-state index contributed by atoms with van der Waals surface area (Å²) in [6.45, 7) is 1.15. The van der Waals surface area contributed by atoms with Crippen molar-refractivity contribution in [3.05, 3.63) is 54.1 Å². The van der Waals surface area contributed by atoms with Crippen LogP contribution in [0, 0.1) is 6.92 Å². The van der Waals surface area contributed by atoms with Gasteiger partial charge in [-0.15, -0.1) is 0 Å². The fourth-order valence-electron chi connectivity index (χ4n) is 2.43. The third-order valence-electron chi connectivity index (χ3n) is 3.53. The molecule has 0 saturated heterocycles. The van der Waals surface area contributed by atoms with Crippen molar-refractivity contribution in [2.45, 2.75) is 6.92 Å². The SMILES string of the molecule is Cc1nc(C(=O)N(CC(=O)O)c2ccc(O)cn2)cc2cccnc12. The van der Waals surface area contributed by atoms with E-state index in [9.17, 15) is 14.7 Å². The molecule has 8 heteroatoms. The van der Waals surface area contributed by atoms with E-state index in [1.54, 1.807) is 31.3 Å². The van der Waals surface area contributed by atoms with E-state index < -0.39 is 18.4 Å². The highest BCUT2D eigenvalue weighted by molar-refractivity contribution is 6.08. The first kappa shape index (κ1) is 16.3. The minimum atomic E-state index is -1.19. The molecule has 1 amide bonds. The van der Waals surface area contributed by atoms with Crippen molar-refractivity contribution in [3.8, 4) is 5.75 Å². The molecule has 0 fully saturated rings. The molecule has 2 N–H and O–H groups in total. The summed E-state index contributed by atoms with van der Waals surface area (Å²) in [7, 11) is 0. The van der Waals surface area contributed by atoms with E-state index in [-0.39, 0.29) is 17.3 Å². The van der Waals surface area contributed by atoms with Gasteiger partial charge in [-0.2, -0.15) is 0 Å². The molecule has 8 nitrogen and oxygen atoms in total. The van der Waals surface area contributed by atoms with Crippen molar-refractivity contribution >= 4 is 28.6 Å². The van der Waals surface area contributed by atoms with Gasteiger partial charge in [0.15, 0.2) is 0 Å². The minimum Gasteiger partial charge on any atom is -0.506 e. The number of carbonyl (C=O) groups excluding carboxylic acids is 1. The molecular formula is C17H14N4O4. The number of pyridine rings is 3. The number of nitrogens with zero attached hydrogens (tertiary/aromatic N) is 4. The molecule has 0 bridgehead atoms. The van der Waals surface area contributed by atoms with Crippen LogP contribution in [0.3, 0.4) is 0 Å². The number of rotatable bonds is 4. The van der Waals surface area contributed by atoms with Gasteiger partial charge in [-0.25, -0.2) is 9.97 Å². The number of amides is 1. The van der Waals surface area contributed by atoms with Crippen LogP contribution < -0.4 is 4.90 Å². The maximum Gasteiger partial charge on any atom is 0.323 e. The topological polar surface area (TPSA) is 117 Å². The summed E-state index contributed by atoms with van der Waals surface area (Å²) in [4.78, 5) is 37.4. The van der Waals surface area contributed by atoms with Gasteiger partial charge in [-0.1, -0.05) is 6.07 Å². The average Bonchev–Trinajstić information content (AvgIpc) is 2.60. The highest BCUT2D eigenvalue weighted by Gasteiger charge is 2.23. The van der Waals surface area contributed by atoms with Crippen molar-refractivity contribution in [1.29, 1.82) is 0 Å². The molecule has 0 spiro atoms. The van der Waals surface area contributed by atoms with Gasteiger partial charge in [-0.05, 0) is 31.2 Å². The first-order valence-electron chi connectivity index (χ1n) is 7.37. The van der Waals surface area contributed by atoms with Crippen molar-refractivity contribution in [2.24, 2.45) is 0 Å². The number of hydrogen-bond donors (Lipinski definition) is 2. The second-order valence-corrected chi connectivity index (χ2v) is 5.33. The molecule has 3 aromatic heterocycles. The molecule has 3 rings (SSSR count). The van der Waals surface area contributed by atoms with E-state index in [1.165, 1.54) is 12.1 Å². The lowest BCUT2D eigenvalue weighted by atomic mass is 10.1. The summed E-state index contributed by atoms with van der Waals surface area (Å²) in [5, 5.41) is 19.2. The largest absolute Gasteiger partial charge is 0.506 e. The van der Waals surface area contributed by atoms with Gasteiger partial charge in [0.2, 0.25) is 0 Å². The van der Waals surface area contributed by atoms with Gasteiger partial charge in [0.1, 0.15) is 23.8 Å². The Morgan fingerprint density at radius 1 is 1.20 bits per heavy atom. The van der Waals surface area contributed by atoms with Crippen LogP contribution in [0.1, 0.15) is 16.2 Å². The second kappa shape index (κ2) is 6.52. The van der Waals surface area contributed by atoms with E-state index in [0.717, 1.165) is 16.5 Å². The van der Waals surface area contributed by atoms with Gasteiger partial charge in [0.05, 0.1) is 17.4 Å². The highest BCUT2D eigenvalue weighted by Crippen LogP contribution is 2.20. The van der Waals surface area contributed by atoms with Crippen LogP contribution in [-0.4, -0.2) is 43.6 Å². The molecule has 0 radical (unpaired) electrons. The average molecular weight is 338 g/mol. The molecule has 0 aliphatic heterocycles. The minimum absolute atomic E-state index is 0.0859. The number of aliphatic carboxylic acids is 1. The van der Waals surface area contributed by atoms with E-state index in [2.05, 4.69) is 15.0 Å². The Kier molecular flexibility index (Phi) is 4.25. The Morgan fingerprint density at radius 3 is 2.68 bits per heavy atom. The summed E-state index contributed by atoms with van der Waals surface area (Å²) in [6.07, 6.45) is 2.77. The second-order valence-electron chi connectivity index (χ2n) is 5.33. The van der Waals surface area contributed by atoms with Gasteiger partial charge >= 0.3 is 5.97 Å². The van der Waals surface area contributed by atoms with Crippen LogP contribution in [0.5, 0.6) is 5.75 Å². The number of carboxylic acids is 1. The molecule has 126 valence electrons. The van der Waals surface area contributed by atoms with Crippen LogP contribution in [0.2, 0.25) is 0 Å². The number of aryl methyl sites for hydroxylation is 1. The van der Waals surface area contributed by atoms with E-state index in [4.69, 9.17) is 5.11 Å². The number of aromatic nitrogens is 3. The third kappa shape index (κ3) is 3.37. The summed E-state index contributed by atoms with van der Waals surface area (Å²) in [5.41, 5.74) is 1.33. The Bertz CT molecular complexity index is 957. The van der Waals surface area contributed by atoms with Crippen LogP contribution in [0.25, 0.3) is 10.9 Å². The van der Waals surface area contributed by atoms with Crippen LogP contribution >= 0.6 is 0 Å². The molecule has 3 heterocycles. The fourth-order valence-corrected chi connectivity index (χ4v) is 2.43. The number of carbonyl (C=O) groups is 2. The lowest BCUT2D eigenvalue weighted by molar-refractivity contribution is -0.135. The lowest BCUT2D eigenvalue weighted by Crippen LogP contribution is -2.36. The standard InChI is InChI=1S/C17H14N4O4/c1-10-16-11(3-2-6-18-16)7-13(20-10)17(25)21(9-15(23)24)14-5-4-12(22)8-19-14/h2-8,22H,9H2,1H3,(H,23,24). The first-order valence-corrected chi connectivity index (χ1v) is 7.37. The number of anilines is 1. The number of carboxylic acid groups (broad SMARTS) is 1. The van der Waals surface area contributed by atoms with Crippen molar-refractivity contribution in [3.63, 3.8) is 0 Å². The molecular weight excluding hydrogens is 324 g/mol. The molecule has 0 aliphatic rings.